The standard InChI is InChI=1S/C18H20O4/c1-4-22-18(21)14-8-6-13(7-9-14)16-11(2)5-10-15(12(16)3)17(19)20/h5-10,12,15H,4H2,1-3H3,(H,19,20). The van der Waals surface area contributed by atoms with E-state index in [0.29, 0.717) is 12.2 Å². The fourth-order valence-electron chi connectivity index (χ4n) is 2.83. The second-order valence-corrected chi connectivity index (χ2v) is 5.41. The molecule has 0 spiro atoms. The molecule has 1 aliphatic rings. The Morgan fingerprint density at radius 1 is 1.23 bits per heavy atom. The molecule has 0 radical (unpaired) electrons. The lowest BCUT2D eigenvalue weighted by Crippen LogP contribution is -2.23. The van der Waals surface area contributed by atoms with E-state index in [0.717, 1.165) is 16.7 Å². The first-order valence-electron chi connectivity index (χ1n) is 7.35. The quantitative estimate of drug-likeness (QED) is 0.864. The maximum atomic E-state index is 11.7. The van der Waals surface area contributed by atoms with Gasteiger partial charge in [-0.1, -0.05) is 31.2 Å². The molecule has 0 aromatic heterocycles. The zero-order valence-corrected chi connectivity index (χ0v) is 13.0. The van der Waals surface area contributed by atoms with Crippen LogP contribution in [0.1, 0.15) is 36.7 Å². The molecule has 4 nitrogen and oxygen atoms in total. The highest BCUT2D eigenvalue weighted by atomic mass is 16.5. The van der Waals surface area contributed by atoms with E-state index in [4.69, 9.17) is 4.74 Å². The van der Waals surface area contributed by atoms with Gasteiger partial charge in [0.1, 0.15) is 0 Å². The molecule has 0 fully saturated rings. The Labute approximate surface area is 130 Å². The van der Waals surface area contributed by atoms with Crippen LogP contribution in [0.25, 0.3) is 5.57 Å². The first-order valence-corrected chi connectivity index (χ1v) is 7.35. The lowest BCUT2D eigenvalue weighted by molar-refractivity contribution is -0.140. The largest absolute Gasteiger partial charge is 0.481 e. The topological polar surface area (TPSA) is 63.6 Å². The summed E-state index contributed by atoms with van der Waals surface area (Å²) in [6.45, 7) is 6.00. The number of hydrogen-bond acceptors (Lipinski definition) is 3. The highest BCUT2D eigenvalue weighted by Gasteiger charge is 2.29. The first-order chi connectivity index (χ1) is 10.5. The number of carbonyl (C=O) groups is 2. The number of benzene rings is 1. The van der Waals surface area contributed by atoms with Gasteiger partial charge in [-0.15, -0.1) is 0 Å². The lowest BCUT2D eigenvalue weighted by Gasteiger charge is -2.26. The smallest absolute Gasteiger partial charge is 0.338 e. The summed E-state index contributed by atoms with van der Waals surface area (Å²) in [6, 6.07) is 7.13. The van der Waals surface area contributed by atoms with Crippen molar-refractivity contribution in [2.24, 2.45) is 11.8 Å². The van der Waals surface area contributed by atoms with Gasteiger partial charge in [0.05, 0.1) is 18.1 Å². The summed E-state index contributed by atoms with van der Waals surface area (Å²) in [6.07, 6.45) is 3.59. The van der Waals surface area contributed by atoms with Crippen LogP contribution in [-0.2, 0) is 9.53 Å². The molecule has 116 valence electrons. The van der Waals surface area contributed by atoms with Gasteiger partial charge >= 0.3 is 11.9 Å². The molecule has 4 heteroatoms. The summed E-state index contributed by atoms with van der Waals surface area (Å²) in [5, 5.41) is 9.30. The SMILES string of the molecule is CCOC(=O)c1ccc(C2=C(C)C=CC(C(=O)O)C2C)cc1. The molecule has 0 bridgehead atoms. The number of rotatable bonds is 4. The highest BCUT2D eigenvalue weighted by Crippen LogP contribution is 2.36. The average molecular weight is 300 g/mol. The number of carbonyl (C=O) groups excluding carboxylic acids is 1. The highest BCUT2D eigenvalue weighted by molar-refractivity contribution is 5.90. The summed E-state index contributed by atoms with van der Waals surface area (Å²) in [5.74, 6) is -1.81. The zero-order valence-electron chi connectivity index (χ0n) is 13.0. The van der Waals surface area contributed by atoms with Crippen molar-refractivity contribution in [3.8, 4) is 0 Å². The molecule has 0 aliphatic heterocycles. The Morgan fingerprint density at radius 2 is 1.86 bits per heavy atom. The molecular formula is C18H20O4. The molecule has 1 aliphatic carbocycles. The number of ether oxygens (including phenoxy) is 1. The second-order valence-electron chi connectivity index (χ2n) is 5.41. The predicted molar refractivity (Wildman–Crippen MR) is 84.4 cm³/mol. The fraction of sp³-hybridized carbons (Fsp3) is 0.333. The lowest BCUT2D eigenvalue weighted by atomic mass is 9.77. The Morgan fingerprint density at radius 3 is 2.41 bits per heavy atom. The summed E-state index contributed by atoms with van der Waals surface area (Å²) >= 11 is 0. The Bertz CT molecular complexity index is 638. The number of aliphatic carboxylic acids is 1. The van der Waals surface area contributed by atoms with Gasteiger partial charge in [0, 0.05) is 0 Å². The van der Waals surface area contributed by atoms with E-state index in [9.17, 15) is 14.7 Å². The molecule has 2 rings (SSSR count). The van der Waals surface area contributed by atoms with Crippen molar-refractivity contribution >= 4 is 17.5 Å². The first kappa shape index (κ1) is 16.0. The molecular weight excluding hydrogens is 280 g/mol. The number of carboxylic acid groups (broad SMARTS) is 1. The third-order valence-corrected chi connectivity index (χ3v) is 3.96. The Kier molecular flexibility index (Phi) is 4.81. The minimum atomic E-state index is -0.822. The maximum absolute atomic E-state index is 11.7. The van der Waals surface area contributed by atoms with Gasteiger partial charge in [-0.25, -0.2) is 4.79 Å². The summed E-state index contributed by atoms with van der Waals surface area (Å²) in [5.41, 5.74) is 3.49. The van der Waals surface area contributed by atoms with E-state index in [1.165, 1.54) is 0 Å². The van der Waals surface area contributed by atoms with E-state index < -0.39 is 11.9 Å². The van der Waals surface area contributed by atoms with Crippen LogP contribution in [-0.4, -0.2) is 23.7 Å². The Hall–Kier alpha value is -2.36. The number of carboxylic acids is 1. The molecule has 0 saturated heterocycles. The van der Waals surface area contributed by atoms with Crippen molar-refractivity contribution in [2.45, 2.75) is 20.8 Å². The minimum absolute atomic E-state index is 0.115. The van der Waals surface area contributed by atoms with Gasteiger partial charge in [0.2, 0.25) is 0 Å². The predicted octanol–water partition coefficient (Wildman–Crippen LogP) is 3.54. The van der Waals surface area contributed by atoms with Gasteiger partial charge in [0.15, 0.2) is 0 Å². The fourth-order valence-corrected chi connectivity index (χ4v) is 2.83. The van der Waals surface area contributed by atoms with Crippen LogP contribution in [0.4, 0.5) is 0 Å². The van der Waals surface area contributed by atoms with Gasteiger partial charge in [-0.3, -0.25) is 4.79 Å². The number of allylic oxidation sites excluding steroid dienone is 3. The van der Waals surface area contributed by atoms with Gasteiger partial charge in [-0.05, 0) is 48.6 Å². The normalized spacial score (nSPS) is 20.9. The molecule has 1 aromatic carbocycles. The van der Waals surface area contributed by atoms with Crippen LogP contribution in [0.15, 0.2) is 42.0 Å². The summed E-state index contributed by atoms with van der Waals surface area (Å²) < 4.78 is 4.96. The van der Waals surface area contributed by atoms with Gasteiger partial charge in [0.25, 0.3) is 0 Å². The minimum Gasteiger partial charge on any atom is -0.481 e. The Balaban J connectivity index is 2.32. The van der Waals surface area contributed by atoms with Crippen LogP contribution in [0.2, 0.25) is 0 Å². The number of hydrogen-bond donors (Lipinski definition) is 1. The van der Waals surface area contributed by atoms with E-state index in [-0.39, 0.29) is 11.9 Å². The van der Waals surface area contributed by atoms with Gasteiger partial charge in [-0.2, -0.15) is 0 Å². The third-order valence-electron chi connectivity index (χ3n) is 3.96. The van der Waals surface area contributed by atoms with Crippen molar-refractivity contribution in [1.82, 2.24) is 0 Å². The van der Waals surface area contributed by atoms with E-state index in [2.05, 4.69) is 0 Å². The molecule has 22 heavy (non-hydrogen) atoms. The van der Waals surface area contributed by atoms with Crippen LogP contribution >= 0.6 is 0 Å². The van der Waals surface area contributed by atoms with Crippen molar-refractivity contribution in [1.29, 1.82) is 0 Å². The van der Waals surface area contributed by atoms with Crippen molar-refractivity contribution in [3.05, 3.63) is 53.1 Å². The van der Waals surface area contributed by atoms with Crippen molar-refractivity contribution in [2.75, 3.05) is 6.61 Å². The van der Waals surface area contributed by atoms with Crippen molar-refractivity contribution < 1.29 is 19.4 Å². The van der Waals surface area contributed by atoms with Crippen LogP contribution in [0.5, 0.6) is 0 Å². The average Bonchev–Trinajstić information content (AvgIpc) is 2.48. The number of esters is 1. The molecule has 0 heterocycles. The second kappa shape index (κ2) is 6.60. The molecule has 0 saturated carbocycles. The molecule has 1 aromatic rings. The van der Waals surface area contributed by atoms with E-state index >= 15 is 0 Å². The maximum Gasteiger partial charge on any atom is 0.338 e. The molecule has 1 N–H and O–H groups in total. The zero-order chi connectivity index (χ0) is 16.3. The van der Waals surface area contributed by atoms with Crippen LogP contribution in [0, 0.1) is 11.8 Å². The van der Waals surface area contributed by atoms with Gasteiger partial charge < -0.3 is 9.84 Å². The van der Waals surface area contributed by atoms with Crippen molar-refractivity contribution in [3.63, 3.8) is 0 Å². The van der Waals surface area contributed by atoms with Crippen LogP contribution < -0.4 is 0 Å². The van der Waals surface area contributed by atoms with E-state index in [1.807, 2.05) is 32.1 Å². The molecule has 2 unspecified atom stereocenters. The van der Waals surface area contributed by atoms with E-state index in [1.54, 1.807) is 25.1 Å². The molecule has 2 atom stereocenters. The third kappa shape index (κ3) is 3.11. The molecule has 0 amide bonds. The van der Waals surface area contributed by atoms with Crippen LogP contribution in [0.3, 0.4) is 0 Å². The summed E-state index contributed by atoms with van der Waals surface area (Å²) in [7, 11) is 0. The monoisotopic (exact) mass is 300 g/mol. The summed E-state index contributed by atoms with van der Waals surface area (Å²) in [4.78, 5) is 23.0.